The number of carbonyl (C=O) groups is 1. The van der Waals surface area contributed by atoms with E-state index in [1.807, 2.05) is 0 Å². The van der Waals surface area contributed by atoms with Gasteiger partial charge in [0, 0.05) is 17.3 Å². The van der Waals surface area contributed by atoms with Crippen molar-refractivity contribution in [2.45, 2.75) is 38.5 Å². The van der Waals surface area contributed by atoms with Gasteiger partial charge in [0.2, 0.25) is 0 Å². The van der Waals surface area contributed by atoms with E-state index in [9.17, 15) is 4.79 Å². The number of hydrogen-bond acceptors (Lipinski definition) is 5. The number of nitrogens with one attached hydrogen (secondary N) is 1. The summed E-state index contributed by atoms with van der Waals surface area (Å²) < 4.78 is 0. The second-order valence-corrected chi connectivity index (χ2v) is 7.40. The zero-order valence-electron chi connectivity index (χ0n) is 13.9. The van der Waals surface area contributed by atoms with Gasteiger partial charge in [-0.2, -0.15) is 0 Å². The molecule has 1 amide bonds. The average Bonchev–Trinajstić information content (AvgIpc) is 2.92. The molecule has 0 bridgehead atoms. The lowest BCUT2D eigenvalue weighted by molar-refractivity contribution is 0.103. The van der Waals surface area contributed by atoms with E-state index >= 15 is 0 Å². The summed E-state index contributed by atoms with van der Waals surface area (Å²) in [6, 6.07) is 5.74. The van der Waals surface area contributed by atoms with E-state index < -0.39 is 0 Å². The van der Waals surface area contributed by atoms with E-state index in [0.29, 0.717) is 16.3 Å². The molecule has 0 aliphatic heterocycles. The van der Waals surface area contributed by atoms with Gasteiger partial charge in [-0.05, 0) is 49.4 Å². The molecule has 0 radical (unpaired) electrons. The van der Waals surface area contributed by atoms with Crippen LogP contribution in [0.25, 0.3) is 10.2 Å². The first kappa shape index (κ1) is 16.0. The van der Waals surface area contributed by atoms with Crippen LogP contribution in [0, 0.1) is 0 Å². The van der Waals surface area contributed by atoms with Crippen LogP contribution in [-0.2, 0) is 12.8 Å². The van der Waals surface area contributed by atoms with Crippen LogP contribution in [0.2, 0.25) is 0 Å². The third-order valence-electron chi connectivity index (χ3n) is 4.63. The molecule has 0 spiro atoms. The van der Waals surface area contributed by atoms with E-state index in [0.717, 1.165) is 23.1 Å². The molecule has 5 nitrogen and oxygen atoms in total. The van der Waals surface area contributed by atoms with Crippen molar-refractivity contribution in [3.05, 3.63) is 46.7 Å². The lowest BCUT2D eigenvalue weighted by Crippen LogP contribution is -2.11. The molecule has 25 heavy (non-hydrogen) atoms. The molecule has 3 heterocycles. The topological polar surface area (TPSA) is 80.9 Å². The number of nitrogens with zero attached hydrogens (tertiary/aromatic N) is 2. The van der Waals surface area contributed by atoms with Gasteiger partial charge in [0.25, 0.3) is 5.91 Å². The summed E-state index contributed by atoms with van der Waals surface area (Å²) in [5, 5.41) is 3.75. The largest absolute Gasteiger partial charge is 0.397 e. The van der Waals surface area contributed by atoms with Gasteiger partial charge in [0.1, 0.15) is 9.71 Å². The fourth-order valence-electron chi connectivity index (χ4n) is 3.31. The number of fused-ring (bicyclic) bond motifs is 2. The maximum Gasteiger partial charge on any atom is 0.267 e. The fraction of sp³-hybridized carbons (Fsp3) is 0.316. The number of hydrogen-bond donors (Lipinski definition) is 2. The molecule has 4 rings (SSSR count). The Morgan fingerprint density at radius 2 is 2.04 bits per heavy atom. The minimum atomic E-state index is -0.207. The first-order valence-corrected chi connectivity index (χ1v) is 9.46. The van der Waals surface area contributed by atoms with E-state index in [4.69, 9.17) is 10.7 Å². The first-order valence-electron chi connectivity index (χ1n) is 8.64. The molecule has 1 aliphatic carbocycles. The van der Waals surface area contributed by atoms with E-state index in [1.165, 1.54) is 48.3 Å². The van der Waals surface area contributed by atoms with Crippen molar-refractivity contribution < 1.29 is 4.79 Å². The van der Waals surface area contributed by atoms with Crippen LogP contribution in [-0.4, -0.2) is 15.9 Å². The number of rotatable bonds is 2. The molecule has 3 aromatic rings. The highest BCUT2D eigenvalue weighted by Crippen LogP contribution is 2.35. The minimum absolute atomic E-state index is 0.207. The molecule has 3 N–H and O–H groups in total. The normalized spacial score (nSPS) is 14.6. The molecular weight excluding hydrogens is 332 g/mol. The zero-order chi connectivity index (χ0) is 17.2. The van der Waals surface area contributed by atoms with Crippen molar-refractivity contribution in [2.75, 3.05) is 11.1 Å². The van der Waals surface area contributed by atoms with E-state index in [1.54, 1.807) is 24.5 Å². The predicted molar refractivity (Wildman–Crippen MR) is 102 cm³/mol. The number of nitrogen functional groups attached to an aromatic ring is 1. The molecule has 0 saturated heterocycles. The highest BCUT2D eigenvalue weighted by Gasteiger charge is 2.20. The van der Waals surface area contributed by atoms with Crippen molar-refractivity contribution in [1.29, 1.82) is 0 Å². The van der Waals surface area contributed by atoms with Crippen LogP contribution in [0.1, 0.15) is 46.6 Å². The van der Waals surface area contributed by atoms with Gasteiger partial charge in [-0.3, -0.25) is 9.78 Å². The van der Waals surface area contributed by atoms with Crippen molar-refractivity contribution in [3.63, 3.8) is 0 Å². The summed E-state index contributed by atoms with van der Waals surface area (Å²) >= 11 is 1.37. The first-order chi connectivity index (χ1) is 12.2. The summed E-state index contributed by atoms with van der Waals surface area (Å²) in [4.78, 5) is 22.8. The van der Waals surface area contributed by atoms with E-state index in [-0.39, 0.29) is 5.91 Å². The second kappa shape index (κ2) is 6.80. The number of carbonyl (C=O) groups excluding carboxylic acids is 1. The Bertz CT molecular complexity index is 920. The number of aryl methyl sites for hydroxylation is 2. The predicted octanol–water partition coefficient (Wildman–Crippen LogP) is 4.18. The zero-order valence-corrected chi connectivity index (χ0v) is 14.7. The van der Waals surface area contributed by atoms with Crippen LogP contribution in [0.5, 0.6) is 0 Å². The molecular formula is C19H20N4OS. The van der Waals surface area contributed by atoms with Gasteiger partial charge >= 0.3 is 0 Å². The number of thiophene rings is 1. The number of anilines is 2. The van der Waals surface area contributed by atoms with Gasteiger partial charge in [0.15, 0.2) is 0 Å². The Balaban J connectivity index is 1.70. The van der Waals surface area contributed by atoms with Crippen molar-refractivity contribution in [2.24, 2.45) is 0 Å². The molecule has 0 atom stereocenters. The van der Waals surface area contributed by atoms with Crippen molar-refractivity contribution in [3.8, 4) is 0 Å². The van der Waals surface area contributed by atoms with Crippen LogP contribution >= 0.6 is 11.3 Å². The standard InChI is InChI=1S/C19H20N4OS/c20-16-14-10-12-6-3-1-2-4-8-15(12)23-19(14)25-17(16)18(24)22-13-7-5-9-21-11-13/h5,7,9-11H,1-4,6,8,20H2,(H,22,24). The Kier molecular flexibility index (Phi) is 4.36. The summed E-state index contributed by atoms with van der Waals surface area (Å²) in [6.07, 6.45) is 10.3. The quantitative estimate of drug-likeness (QED) is 0.725. The summed E-state index contributed by atoms with van der Waals surface area (Å²) in [6.45, 7) is 0. The number of amides is 1. The van der Waals surface area contributed by atoms with Crippen molar-refractivity contribution >= 4 is 38.8 Å². The molecule has 1 aliphatic rings. The lowest BCUT2D eigenvalue weighted by Gasteiger charge is -2.12. The summed E-state index contributed by atoms with van der Waals surface area (Å²) in [7, 11) is 0. The van der Waals surface area contributed by atoms with Crippen LogP contribution in [0.3, 0.4) is 0 Å². The molecule has 0 unspecified atom stereocenters. The average molecular weight is 352 g/mol. The van der Waals surface area contributed by atoms with E-state index in [2.05, 4.69) is 16.4 Å². The Hall–Kier alpha value is -2.47. The van der Waals surface area contributed by atoms with Crippen LogP contribution < -0.4 is 11.1 Å². The second-order valence-electron chi connectivity index (χ2n) is 6.40. The van der Waals surface area contributed by atoms with Gasteiger partial charge in [0.05, 0.1) is 17.6 Å². The van der Waals surface area contributed by atoms with Gasteiger partial charge in [-0.15, -0.1) is 11.3 Å². The van der Waals surface area contributed by atoms with Gasteiger partial charge < -0.3 is 11.1 Å². The fourth-order valence-corrected chi connectivity index (χ4v) is 4.30. The Morgan fingerprint density at radius 3 is 2.84 bits per heavy atom. The maximum absolute atomic E-state index is 12.6. The monoisotopic (exact) mass is 352 g/mol. The lowest BCUT2D eigenvalue weighted by atomic mass is 9.96. The number of nitrogens with two attached hydrogens (primary N) is 1. The number of aromatic nitrogens is 2. The smallest absolute Gasteiger partial charge is 0.267 e. The summed E-state index contributed by atoms with van der Waals surface area (Å²) in [5.74, 6) is -0.207. The third-order valence-corrected chi connectivity index (χ3v) is 5.74. The molecule has 0 aromatic carbocycles. The molecule has 0 fully saturated rings. The minimum Gasteiger partial charge on any atom is -0.397 e. The molecule has 3 aromatic heterocycles. The van der Waals surface area contributed by atoms with Crippen LogP contribution in [0.4, 0.5) is 11.4 Å². The molecule has 0 saturated carbocycles. The highest BCUT2D eigenvalue weighted by molar-refractivity contribution is 7.21. The van der Waals surface area contributed by atoms with Crippen molar-refractivity contribution in [1.82, 2.24) is 9.97 Å². The maximum atomic E-state index is 12.6. The number of pyridine rings is 2. The van der Waals surface area contributed by atoms with Gasteiger partial charge in [-0.1, -0.05) is 12.8 Å². The Labute approximate surface area is 150 Å². The SMILES string of the molecule is Nc1c(C(=O)Nc2cccnc2)sc2nc3c(cc12)CCCCCC3. The molecule has 6 heteroatoms. The Morgan fingerprint density at radius 1 is 1.20 bits per heavy atom. The summed E-state index contributed by atoms with van der Waals surface area (Å²) in [5.41, 5.74) is 9.94. The molecule has 128 valence electrons. The van der Waals surface area contributed by atoms with Gasteiger partial charge in [-0.25, -0.2) is 4.98 Å². The third kappa shape index (κ3) is 3.22. The highest BCUT2D eigenvalue weighted by atomic mass is 32.1. The van der Waals surface area contributed by atoms with Crippen LogP contribution in [0.15, 0.2) is 30.6 Å².